The van der Waals surface area contributed by atoms with Crippen LogP contribution in [0.15, 0.2) is 56.5 Å². The average molecular weight is 383 g/mol. The molecule has 1 aromatic heterocycles. The highest BCUT2D eigenvalue weighted by atomic mass is 79.9. The second-order valence-corrected chi connectivity index (χ2v) is 5.72. The van der Waals surface area contributed by atoms with Crippen molar-refractivity contribution in [3.05, 3.63) is 46.9 Å². The number of halogens is 1. The predicted molar refractivity (Wildman–Crippen MR) is 95.7 cm³/mol. The molecule has 0 fully saturated rings. The minimum Gasteiger partial charge on any atom is -0.436 e. The number of nitrogens with one attached hydrogen (secondary N) is 2. The van der Waals surface area contributed by atoms with Gasteiger partial charge in [0, 0.05) is 10.0 Å². The zero-order valence-corrected chi connectivity index (χ0v) is 13.8. The first-order chi connectivity index (χ1) is 11.6. The molecule has 0 bridgehead atoms. The highest BCUT2D eigenvalue weighted by Gasteiger charge is 2.09. The van der Waals surface area contributed by atoms with Crippen LogP contribution in [0.1, 0.15) is 0 Å². The van der Waals surface area contributed by atoms with Crippen LogP contribution in [-0.2, 0) is 0 Å². The number of hydrogen-bond acceptors (Lipinski definition) is 6. The first-order valence-electron chi connectivity index (χ1n) is 6.81. The van der Waals surface area contributed by atoms with Crippen molar-refractivity contribution < 1.29 is 4.42 Å². The number of nitriles is 1. The molecule has 0 aliphatic carbocycles. The van der Waals surface area contributed by atoms with Gasteiger partial charge in [0.1, 0.15) is 11.6 Å². The van der Waals surface area contributed by atoms with Gasteiger partial charge < -0.3 is 10.2 Å². The highest BCUT2D eigenvalue weighted by molar-refractivity contribution is 9.10. The van der Waals surface area contributed by atoms with E-state index in [-0.39, 0.29) is 5.71 Å². The van der Waals surface area contributed by atoms with E-state index in [0.717, 1.165) is 10.0 Å². The minimum atomic E-state index is -0.398. The molecule has 7 nitrogen and oxygen atoms in total. The maximum atomic E-state index is 8.82. The Hall–Kier alpha value is -3.18. The highest BCUT2D eigenvalue weighted by Crippen LogP contribution is 2.27. The number of aromatic nitrogens is 1. The van der Waals surface area contributed by atoms with Crippen molar-refractivity contribution in [1.82, 2.24) is 4.98 Å². The lowest BCUT2D eigenvalue weighted by molar-refractivity contribution is 0.620. The maximum absolute atomic E-state index is 8.82. The zero-order valence-electron chi connectivity index (χ0n) is 12.2. The van der Waals surface area contributed by atoms with Crippen LogP contribution in [0.4, 0.5) is 5.69 Å². The van der Waals surface area contributed by atoms with Crippen LogP contribution in [0.2, 0.25) is 0 Å². The molecule has 0 unspecified atom stereocenters. The van der Waals surface area contributed by atoms with Gasteiger partial charge >= 0.3 is 0 Å². The van der Waals surface area contributed by atoms with Crippen LogP contribution >= 0.6 is 15.9 Å². The van der Waals surface area contributed by atoms with E-state index < -0.39 is 5.84 Å². The second-order valence-electron chi connectivity index (χ2n) is 4.81. The number of amidine groups is 1. The third kappa shape index (κ3) is 3.26. The SMILES string of the molecule is N#C/C(=N\Nc1ccc2oc(-c3ccc(Br)cc3)nc2c1)C(=N)N. The van der Waals surface area contributed by atoms with Gasteiger partial charge in [-0.25, -0.2) is 4.98 Å². The number of nitrogens with zero attached hydrogens (tertiary/aromatic N) is 3. The molecule has 4 N–H and O–H groups in total. The molecule has 0 saturated carbocycles. The Kier molecular flexibility index (Phi) is 4.26. The molecule has 0 atom stereocenters. The summed E-state index contributed by atoms with van der Waals surface area (Å²) in [7, 11) is 0. The number of rotatable bonds is 4. The molecule has 0 aliphatic heterocycles. The molecule has 0 amide bonds. The van der Waals surface area contributed by atoms with Gasteiger partial charge in [-0.2, -0.15) is 10.4 Å². The fourth-order valence-corrected chi connectivity index (χ4v) is 2.24. The van der Waals surface area contributed by atoms with Crippen LogP contribution in [0.5, 0.6) is 0 Å². The number of benzene rings is 2. The summed E-state index contributed by atoms with van der Waals surface area (Å²) in [6.45, 7) is 0. The summed E-state index contributed by atoms with van der Waals surface area (Å²) in [5.74, 6) is 0.115. The molecule has 118 valence electrons. The van der Waals surface area contributed by atoms with Gasteiger partial charge in [-0.1, -0.05) is 15.9 Å². The number of nitrogens with two attached hydrogens (primary N) is 1. The van der Waals surface area contributed by atoms with E-state index in [1.54, 1.807) is 24.3 Å². The summed E-state index contributed by atoms with van der Waals surface area (Å²) in [4.78, 5) is 4.45. The number of oxazole rings is 1. The third-order valence-electron chi connectivity index (χ3n) is 3.14. The molecule has 1 heterocycles. The number of fused-ring (bicyclic) bond motifs is 1. The van der Waals surface area contributed by atoms with Crippen molar-refractivity contribution in [2.75, 3.05) is 5.43 Å². The smallest absolute Gasteiger partial charge is 0.227 e. The zero-order chi connectivity index (χ0) is 17.1. The summed E-state index contributed by atoms with van der Waals surface area (Å²) in [6.07, 6.45) is 0. The molecule has 8 heteroatoms. The summed E-state index contributed by atoms with van der Waals surface area (Å²) in [5.41, 5.74) is 10.5. The lowest BCUT2D eigenvalue weighted by Crippen LogP contribution is -2.21. The minimum absolute atomic E-state index is 0.189. The lowest BCUT2D eigenvalue weighted by atomic mass is 10.2. The normalized spacial score (nSPS) is 11.2. The van der Waals surface area contributed by atoms with Crippen molar-refractivity contribution in [2.45, 2.75) is 0 Å². The Bertz CT molecular complexity index is 984. The first kappa shape index (κ1) is 15.7. The second kappa shape index (κ2) is 6.52. The molecular formula is C16H11BrN6O. The van der Waals surface area contributed by atoms with E-state index in [9.17, 15) is 0 Å². The Balaban J connectivity index is 1.90. The van der Waals surface area contributed by atoms with Gasteiger partial charge in [0.15, 0.2) is 11.4 Å². The van der Waals surface area contributed by atoms with E-state index in [2.05, 4.69) is 31.4 Å². The molecule has 24 heavy (non-hydrogen) atoms. The Morgan fingerprint density at radius 1 is 1.29 bits per heavy atom. The summed E-state index contributed by atoms with van der Waals surface area (Å²) in [5, 5.41) is 19.8. The molecule has 3 rings (SSSR count). The largest absolute Gasteiger partial charge is 0.436 e. The van der Waals surface area contributed by atoms with Gasteiger partial charge in [0.05, 0.1) is 5.69 Å². The molecule has 0 aliphatic rings. The molecule has 3 aromatic rings. The summed E-state index contributed by atoms with van der Waals surface area (Å²) in [6, 6.07) is 14.6. The topological polar surface area (TPSA) is 124 Å². The Morgan fingerprint density at radius 3 is 2.71 bits per heavy atom. The standard InChI is InChI=1S/C16H11BrN6O/c17-10-3-1-9(2-4-10)16-21-12-7-11(5-6-14(12)24-16)22-23-13(8-18)15(19)20/h1-7,22H,(H3,19,20)/b23-13+. The van der Waals surface area contributed by atoms with Crippen LogP contribution in [0, 0.1) is 16.7 Å². The predicted octanol–water partition coefficient (Wildman–Crippen LogP) is 3.48. The monoisotopic (exact) mass is 382 g/mol. The number of hydrogen-bond donors (Lipinski definition) is 3. The fourth-order valence-electron chi connectivity index (χ4n) is 1.98. The first-order valence-corrected chi connectivity index (χ1v) is 7.61. The fraction of sp³-hybridized carbons (Fsp3) is 0. The molecular weight excluding hydrogens is 372 g/mol. The Labute approximate surface area is 145 Å². The van der Waals surface area contributed by atoms with Crippen LogP contribution in [0.3, 0.4) is 0 Å². The van der Waals surface area contributed by atoms with Crippen molar-refractivity contribution >= 4 is 44.3 Å². The quantitative estimate of drug-likeness (QED) is 0.361. The van der Waals surface area contributed by atoms with Gasteiger partial charge in [-0.05, 0) is 42.5 Å². The van der Waals surface area contributed by atoms with Crippen molar-refractivity contribution in [1.29, 1.82) is 10.7 Å². The van der Waals surface area contributed by atoms with Gasteiger partial charge in [0.2, 0.25) is 11.6 Å². The average Bonchev–Trinajstić information content (AvgIpc) is 2.99. The van der Waals surface area contributed by atoms with Gasteiger partial charge in [-0.15, -0.1) is 0 Å². The third-order valence-corrected chi connectivity index (χ3v) is 3.67. The Morgan fingerprint density at radius 2 is 2.04 bits per heavy atom. The maximum Gasteiger partial charge on any atom is 0.227 e. The van der Waals surface area contributed by atoms with Crippen molar-refractivity contribution in [3.63, 3.8) is 0 Å². The van der Waals surface area contributed by atoms with Gasteiger partial charge in [-0.3, -0.25) is 10.8 Å². The van der Waals surface area contributed by atoms with E-state index >= 15 is 0 Å². The summed E-state index contributed by atoms with van der Waals surface area (Å²) >= 11 is 3.39. The summed E-state index contributed by atoms with van der Waals surface area (Å²) < 4.78 is 6.71. The van der Waals surface area contributed by atoms with E-state index in [1.165, 1.54) is 0 Å². The molecule has 0 saturated heterocycles. The van der Waals surface area contributed by atoms with Crippen molar-refractivity contribution in [2.24, 2.45) is 10.8 Å². The number of hydrazone groups is 1. The van der Waals surface area contributed by atoms with Crippen LogP contribution in [0.25, 0.3) is 22.6 Å². The number of anilines is 1. The molecule has 0 spiro atoms. The molecule has 2 aromatic carbocycles. The molecule has 0 radical (unpaired) electrons. The van der Waals surface area contributed by atoms with Crippen LogP contribution < -0.4 is 11.2 Å². The van der Waals surface area contributed by atoms with E-state index in [4.69, 9.17) is 20.8 Å². The van der Waals surface area contributed by atoms with E-state index in [1.807, 2.05) is 24.3 Å². The van der Waals surface area contributed by atoms with Crippen molar-refractivity contribution in [3.8, 4) is 17.5 Å². The van der Waals surface area contributed by atoms with Gasteiger partial charge in [0.25, 0.3) is 0 Å². The van der Waals surface area contributed by atoms with Crippen LogP contribution in [-0.4, -0.2) is 16.5 Å². The van der Waals surface area contributed by atoms with E-state index in [0.29, 0.717) is 22.7 Å². The lowest BCUT2D eigenvalue weighted by Gasteiger charge is -2.00.